The van der Waals surface area contributed by atoms with Crippen LogP contribution in [0.15, 0.2) is 47.1 Å². The van der Waals surface area contributed by atoms with Gasteiger partial charge in [0.15, 0.2) is 0 Å². The van der Waals surface area contributed by atoms with Gasteiger partial charge in [-0.05, 0) is 50.2 Å². The molecule has 0 atom stereocenters. The van der Waals surface area contributed by atoms with Gasteiger partial charge in [0.25, 0.3) is 11.8 Å². The maximum absolute atomic E-state index is 12.8. The normalized spacial score (nSPS) is 10.7. The second-order valence-corrected chi connectivity index (χ2v) is 6.59. The molecule has 0 saturated carbocycles. The van der Waals surface area contributed by atoms with E-state index in [1.54, 1.807) is 24.5 Å². The van der Waals surface area contributed by atoms with Gasteiger partial charge < -0.3 is 19.6 Å². The molecule has 0 saturated heterocycles. The third-order valence-electron chi connectivity index (χ3n) is 4.41. The summed E-state index contributed by atoms with van der Waals surface area (Å²) in [6.07, 6.45) is 1.63. The quantitative estimate of drug-likeness (QED) is 0.696. The molecule has 3 rings (SSSR count). The number of aryl methyl sites for hydroxylation is 1. The summed E-state index contributed by atoms with van der Waals surface area (Å²) in [5.74, 6) is 0.253. The third kappa shape index (κ3) is 3.90. The number of rotatable bonds is 5. The van der Waals surface area contributed by atoms with Gasteiger partial charge in [0.05, 0.1) is 29.0 Å². The van der Waals surface area contributed by atoms with Gasteiger partial charge in [0, 0.05) is 24.1 Å². The van der Waals surface area contributed by atoms with Crippen LogP contribution in [0, 0.1) is 13.8 Å². The maximum Gasteiger partial charge on any atom is 0.257 e. The minimum atomic E-state index is -0.312. The van der Waals surface area contributed by atoms with Gasteiger partial charge in [0.2, 0.25) is 0 Å². The summed E-state index contributed by atoms with van der Waals surface area (Å²) in [6, 6.07) is 10.4. The maximum atomic E-state index is 12.8. The molecule has 0 radical (unpaired) electrons. The molecule has 3 aromatic rings. The first-order valence-corrected chi connectivity index (χ1v) is 8.80. The molecule has 0 fully saturated rings. The van der Waals surface area contributed by atoms with Crippen molar-refractivity contribution >= 4 is 29.1 Å². The van der Waals surface area contributed by atoms with Gasteiger partial charge in [-0.3, -0.25) is 9.59 Å². The molecule has 27 heavy (non-hydrogen) atoms. The monoisotopic (exact) mass is 385 g/mol. The average molecular weight is 386 g/mol. The van der Waals surface area contributed by atoms with E-state index in [4.69, 9.17) is 16.0 Å². The number of aromatic nitrogens is 1. The Kier molecular flexibility index (Phi) is 5.37. The summed E-state index contributed by atoms with van der Waals surface area (Å²) in [5.41, 5.74) is 3.16. The van der Waals surface area contributed by atoms with Gasteiger partial charge in [-0.15, -0.1) is 0 Å². The molecule has 7 heteroatoms. The Morgan fingerprint density at radius 2 is 1.89 bits per heavy atom. The fourth-order valence-electron chi connectivity index (χ4n) is 2.94. The zero-order chi connectivity index (χ0) is 19.6. The molecule has 2 amide bonds. The number of nitrogens with zero attached hydrogens (tertiary/aromatic N) is 1. The van der Waals surface area contributed by atoms with Crippen LogP contribution in [0.5, 0.6) is 0 Å². The molecule has 0 unspecified atom stereocenters. The second kappa shape index (κ2) is 7.72. The Labute approximate surface area is 162 Å². The third-order valence-corrected chi connectivity index (χ3v) is 4.74. The lowest BCUT2D eigenvalue weighted by molar-refractivity contribution is 0.0961. The molecule has 2 heterocycles. The summed E-state index contributed by atoms with van der Waals surface area (Å²) >= 11 is 6.05. The molecule has 0 bridgehead atoms. The summed E-state index contributed by atoms with van der Waals surface area (Å²) < 4.78 is 7.42. The van der Waals surface area contributed by atoms with Crippen molar-refractivity contribution in [1.82, 2.24) is 9.88 Å². The summed E-state index contributed by atoms with van der Waals surface area (Å²) in [6.45, 7) is 4.39. The number of hydrogen-bond donors (Lipinski definition) is 2. The predicted molar refractivity (Wildman–Crippen MR) is 105 cm³/mol. The van der Waals surface area contributed by atoms with Gasteiger partial charge >= 0.3 is 0 Å². The highest BCUT2D eigenvalue weighted by Crippen LogP contribution is 2.23. The fourth-order valence-corrected chi connectivity index (χ4v) is 3.15. The number of benzene rings is 1. The lowest BCUT2D eigenvalue weighted by Crippen LogP contribution is -2.19. The Morgan fingerprint density at radius 3 is 2.56 bits per heavy atom. The number of carbonyl (C=O) groups excluding carboxylic acids is 2. The molecule has 0 aliphatic heterocycles. The molecule has 6 nitrogen and oxygen atoms in total. The van der Waals surface area contributed by atoms with Crippen LogP contribution in [-0.4, -0.2) is 23.4 Å². The van der Waals surface area contributed by atoms with Crippen LogP contribution in [0.25, 0.3) is 0 Å². The number of furan rings is 1. The first-order valence-electron chi connectivity index (χ1n) is 8.42. The molecular formula is C20H20ClN3O3. The average Bonchev–Trinajstić information content (AvgIpc) is 3.26. The summed E-state index contributed by atoms with van der Waals surface area (Å²) in [7, 11) is 1.53. The predicted octanol–water partition coefficient (Wildman–Crippen LogP) is 4.01. The lowest BCUT2D eigenvalue weighted by atomic mass is 10.1. The van der Waals surface area contributed by atoms with Gasteiger partial charge in [-0.25, -0.2) is 0 Å². The second-order valence-electron chi connectivity index (χ2n) is 6.18. The Bertz CT molecular complexity index is 990. The van der Waals surface area contributed by atoms with Gasteiger partial charge in [-0.2, -0.15) is 0 Å². The number of nitrogens with one attached hydrogen (secondary N) is 2. The zero-order valence-electron chi connectivity index (χ0n) is 15.3. The molecule has 0 spiro atoms. The van der Waals surface area contributed by atoms with Crippen molar-refractivity contribution in [2.24, 2.45) is 0 Å². The first-order chi connectivity index (χ1) is 12.9. The number of anilines is 1. The SMILES string of the molecule is CNC(=O)c1cc(NC(=O)c2cc(C)n(Cc3ccco3)c2C)ccc1Cl. The van der Waals surface area contributed by atoms with E-state index in [2.05, 4.69) is 10.6 Å². The zero-order valence-corrected chi connectivity index (χ0v) is 16.1. The number of carbonyl (C=O) groups is 2. The van der Waals surface area contributed by atoms with Crippen LogP contribution in [-0.2, 0) is 6.54 Å². The van der Waals surface area contributed by atoms with Crippen LogP contribution < -0.4 is 10.6 Å². The molecule has 0 aliphatic carbocycles. The van der Waals surface area contributed by atoms with Crippen molar-refractivity contribution in [1.29, 1.82) is 0 Å². The Balaban J connectivity index is 1.84. The number of amides is 2. The fraction of sp³-hybridized carbons (Fsp3) is 0.200. The molecule has 140 valence electrons. The van der Waals surface area contributed by atoms with E-state index in [0.29, 0.717) is 28.4 Å². The van der Waals surface area contributed by atoms with Crippen LogP contribution >= 0.6 is 11.6 Å². The first kappa shape index (κ1) is 18.8. The Hall–Kier alpha value is -2.99. The van der Waals surface area contributed by atoms with Crippen molar-refractivity contribution in [2.45, 2.75) is 20.4 Å². The van der Waals surface area contributed by atoms with Crippen molar-refractivity contribution < 1.29 is 14.0 Å². The summed E-state index contributed by atoms with van der Waals surface area (Å²) in [4.78, 5) is 24.6. The van der Waals surface area contributed by atoms with Crippen LogP contribution in [0.3, 0.4) is 0 Å². The molecule has 2 N–H and O–H groups in total. The molecule has 0 aliphatic rings. The Morgan fingerprint density at radius 1 is 1.11 bits per heavy atom. The van der Waals surface area contributed by atoms with E-state index in [0.717, 1.165) is 17.1 Å². The van der Waals surface area contributed by atoms with E-state index in [9.17, 15) is 9.59 Å². The van der Waals surface area contributed by atoms with Crippen LogP contribution in [0.2, 0.25) is 5.02 Å². The minimum absolute atomic E-state index is 0.251. The highest BCUT2D eigenvalue weighted by atomic mass is 35.5. The van der Waals surface area contributed by atoms with Gasteiger partial charge in [0.1, 0.15) is 5.76 Å². The standard InChI is InChI=1S/C20H20ClN3O3/c1-12-9-16(13(2)24(12)11-15-5-4-8-27-15)20(26)23-14-6-7-18(21)17(10-14)19(25)22-3/h4-10H,11H2,1-3H3,(H,22,25)(H,23,26). The molecular weight excluding hydrogens is 366 g/mol. The highest BCUT2D eigenvalue weighted by Gasteiger charge is 2.17. The van der Waals surface area contributed by atoms with E-state index in [1.807, 2.05) is 36.6 Å². The summed E-state index contributed by atoms with van der Waals surface area (Å²) in [5, 5.41) is 5.68. The van der Waals surface area contributed by atoms with Crippen molar-refractivity contribution in [2.75, 3.05) is 12.4 Å². The van der Waals surface area contributed by atoms with Crippen molar-refractivity contribution in [3.8, 4) is 0 Å². The van der Waals surface area contributed by atoms with Crippen LogP contribution in [0.1, 0.15) is 37.9 Å². The van der Waals surface area contributed by atoms with Crippen molar-refractivity contribution in [3.63, 3.8) is 0 Å². The van der Waals surface area contributed by atoms with E-state index >= 15 is 0 Å². The molecule has 2 aromatic heterocycles. The highest BCUT2D eigenvalue weighted by molar-refractivity contribution is 6.34. The van der Waals surface area contributed by atoms with E-state index in [-0.39, 0.29) is 11.8 Å². The van der Waals surface area contributed by atoms with E-state index in [1.165, 1.54) is 7.05 Å². The lowest BCUT2D eigenvalue weighted by Gasteiger charge is -2.10. The number of halogens is 1. The minimum Gasteiger partial charge on any atom is -0.467 e. The smallest absolute Gasteiger partial charge is 0.257 e. The number of hydrogen-bond acceptors (Lipinski definition) is 3. The topological polar surface area (TPSA) is 76.3 Å². The van der Waals surface area contributed by atoms with Crippen LogP contribution in [0.4, 0.5) is 5.69 Å². The largest absolute Gasteiger partial charge is 0.467 e. The van der Waals surface area contributed by atoms with Gasteiger partial charge in [-0.1, -0.05) is 11.6 Å². The molecule has 1 aromatic carbocycles. The van der Waals surface area contributed by atoms with E-state index < -0.39 is 0 Å². The van der Waals surface area contributed by atoms with Crippen molar-refractivity contribution in [3.05, 3.63) is 76.0 Å².